The number of rotatable bonds is 6. The van der Waals surface area contributed by atoms with E-state index in [-0.39, 0.29) is 5.91 Å². The summed E-state index contributed by atoms with van der Waals surface area (Å²) in [6, 6.07) is 22.1. The lowest BCUT2D eigenvalue weighted by Gasteiger charge is -2.07. The number of carbonyl (C=O) groups is 1. The van der Waals surface area contributed by atoms with Crippen molar-refractivity contribution in [1.29, 1.82) is 0 Å². The Morgan fingerprint density at radius 2 is 1.81 bits per heavy atom. The van der Waals surface area contributed by atoms with E-state index < -0.39 is 0 Å². The van der Waals surface area contributed by atoms with Crippen molar-refractivity contribution < 1.29 is 9.53 Å². The summed E-state index contributed by atoms with van der Waals surface area (Å²) in [5.74, 6) is 0.427. The van der Waals surface area contributed by atoms with Crippen LogP contribution in [0.1, 0.15) is 21.5 Å². The van der Waals surface area contributed by atoms with Gasteiger partial charge in [0.15, 0.2) is 0 Å². The monoisotopic (exact) mass is 442 g/mol. The minimum Gasteiger partial charge on any atom is -0.489 e. The normalized spacial score (nSPS) is 10.7. The average Bonchev–Trinajstić information content (AvgIpc) is 2.68. The fourth-order valence-electron chi connectivity index (χ4n) is 2.26. The molecule has 0 bridgehead atoms. The summed E-state index contributed by atoms with van der Waals surface area (Å²) in [6.07, 6.45) is 1.57. The fraction of sp³-hybridized carbons (Fsp3) is 0.0476. The quantitative estimate of drug-likeness (QED) is 0.407. The highest BCUT2D eigenvalue weighted by molar-refractivity contribution is 9.10. The maximum atomic E-state index is 12.0. The first-order valence-electron chi connectivity index (χ1n) is 8.16. The van der Waals surface area contributed by atoms with Gasteiger partial charge in [-0.3, -0.25) is 4.79 Å². The van der Waals surface area contributed by atoms with Crippen LogP contribution in [0.2, 0.25) is 5.02 Å². The number of amides is 1. The van der Waals surface area contributed by atoms with Gasteiger partial charge in [0, 0.05) is 15.1 Å². The van der Waals surface area contributed by atoms with E-state index in [4.69, 9.17) is 16.3 Å². The van der Waals surface area contributed by atoms with Crippen molar-refractivity contribution in [3.8, 4) is 5.75 Å². The predicted molar refractivity (Wildman–Crippen MR) is 111 cm³/mol. The molecule has 0 aromatic heterocycles. The van der Waals surface area contributed by atoms with E-state index >= 15 is 0 Å². The zero-order valence-corrected chi connectivity index (χ0v) is 16.6. The molecule has 0 saturated carbocycles. The van der Waals surface area contributed by atoms with Gasteiger partial charge in [-0.2, -0.15) is 5.10 Å². The Morgan fingerprint density at radius 1 is 1.07 bits per heavy atom. The van der Waals surface area contributed by atoms with E-state index in [1.165, 1.54) is 0 Å². The Balaban J connectivity index is 1.56. The van der Waals surface area contributed by atoms with E-state index in [1.807, 2.05) is 48.5 Å². The van der Waals surface area contributed by atoms with Crippen LogP contribution in [-0.4, -0.2) is 12.1 Å². The molecular formula is C21H16BrClN2O2. The minimum atomic E-state index is -0.300. The maximum absolute atomic E-state index is 12.0. The highest BCUT2D eigenvalue weighted by Gasteiger charge is 2.03. The predicted octanol–water partition coefficient (Wildman–Crippen LogP) is 5.45. The smallest absolute Gasteiger partial charge is 0.271 e. The molecule has 0 unspecified atom stereocenters. The van der Waals surface area contributed by atoms with Crippen LogP contribution in [-0.2, 0) is 6.61 Å². The first kappa shape index (κ1) is 19.1. The van der Waals surface area contributed by atoms with Crippen molar-refractivity contribution in [2.75, 3.05) is 0 Å². The summed E-state index contributed by atoms with van der Waals surface area (Å²) in [5.41, 5.74) is 4.88. The fourth-order valence-corrected chi connectivity index (χ4v) is 2.65. The highest BCUT2D eigenvalue weighted by atomic mass is 79.9. The maximum Gasteiger partial charge on any atom is 0.271 e. The standard InChI is InChI=1S/C21H16BrClN2O2/c22-18-8-4-15(5-9-18)14-27-20-3-1-2-16(12-20)13-24-25-21(26)17-6-10-19(23)11-7-17/h1-13H,14H2,(H,25,26)/b24-13+. The van der Waals surface area contributed by atoms with Crippen molar-refractivity contribution in [3.05, 3.63) is 99.0 Å². The van der Waals surface area contributed by atoms with Crippen LogP contribution in [0.3, 0.4) is 0 Å². The first-order valence-corrected chi connectivity index (χ1v) is 9.33. The summed E-state index contributed by atoms with van der Waals surface area (Å²) >= 11 is 9.22. The van der Waals surface area contributed by atoms with Gasteiger partial charge in [-0.1, -0.05) is 51.8 Å². The molecule has 3 aromatic carbocycles. The number of carbonyl (C=O) groups excluding carboxylic acids is 1. The zero-order valence-electron chi connectivity index (χ0n) is 14.2. The van der Waals surface area contributed by atoms with Crippen LogP contribution < -0.4 is 10.2 Å². The lowest BCUT2D eigenvalue weighted by atomic mass is 10.2. The summed E-state index contributed by atoms with van der Waals surface area (Å²) in [4.78, 5) is 12.0. The molecule has 3 aromatic rings. The molecule has 0 aliphatic heterocycles. The summed E-state index contributed by atoms with van der Waals surface area (Å²) in [7, 11) is 0. The van der Waals surface area contributed by atoms with Crippen LogP contribution in [0.4, 0.5) is 0 Å². The topological polar surface area (TPSA) is 50.7 Å². The number of ether oxygens (including phenoxy) is 1. The SMILES string of the molecule is O=C(N/N=C/c1cccc(OCc2ccc(Br)cc2)c1)c1ccc(Cl)cc1. The average molecular weight is 444 g/mol. The number of hydrogen-bond donors (Lipinski definition) is 1. The van der Waals surface area contributed by atoms with Gasteiger partial charge in [0.05, 0.1) is 6.21 Å². The van der Waals surface area contributed by atoms with Crippen molar-refractivity contribution in [1.82, 2.24) is 5.43 Å². The first-order chi connectivity index (χ1) is 13.1. The highest BCUT2D eigenvalue weighted by Crippen LogP contribution is 2.16. The molecule has 0 saturated heterocycles. The Morgan fingerprint density at radius 3 is 2.56 bits per heavy atom. The van der Waals surface area contributed by atoms with E-state index in [0.29, 0.717) is 17.2 Å². The molecule has 27 heavy (non-hydrogen) atoms. The number of nitrogens with zero attached hydrogens (tertiary/aromatic N) is 1. The Hall–Kier alpha value is -2.63. The molecule has 0 aliphatic carbocycles. The number of hydrogen-bond acceptors (Lipinski definition) is 3. The Kier molecular flexibility index (Phi) is 6.63. The second-order valence-corrected chi connectivity index (χ2v) is 7.05. The van der Waals surface area contributed by atoms with Crippen LogP contribution >= 0.6 is 27.5 Å². The number of halogens is 2. The molecule has 0 aliphatic rings. The molecule has 4 nitrogen and oxygen atoms in total. The van der Waals surface area contributed by atoms with E-state index in [9.17, 15) is 4.79 Å². The minimum absolute atomic E-state index is 0.300. The Bertz CT molecular complexity index is 941. The summed E-state index contributed by atoms with van der Waals surface area (Å²) < 4.78 is 6.84. The third-order valence-corrected chi connectivity index (χ3v) is 4.44. The molecule has 0 atom stereocenters. The van der Waals surface area contributed by atoms with Gasteiger partial charge < -0.3 is 4.74 Å². The summed E-state index contributed by atoms with van der Waals surface area (Å²) in [5, 5.41) is 4.57. The van der Waals surface area contributed by atoms with Crippen LogP contribution in [0.5, 0.6) is 5.75 Å². The largest absolute Gasteiger partial charge is 0.489 e. The van der Waals surface area contributed by atoms with Crippen molar-refractivity contribution in [2.24, 2.45) is 5.10 Å². The number of hydrazone groups is 1. The molecule has 3 rings (SSSR count). The summed E-state index contributed by atoms with van der Waals surface area (Å²) in [6.45, 7) is 0.473. The molecule has 0 fully saturated rings. The van der Waals surface area contributed by atoms with Gasteiger partial charge in [-0.15, -0.1) is 0 Å². The molecule has 0 radical (unpaired) electrons. The third-order valence-electron chi connectivity index (χ3n) is 3.66. The van der Waals surface area contributed by atoms with E-state index in [0.717, 1.165) is 21.3 Å². The molecule has 1 amide bonds. The molecular weight excluding hydrogens is 428 g/mol. The van der Waals surface area contributed by atoms with E-state index in [1.54, 1.807) is 30.5 Å². The molecule has 0 spiro atoms. The molecule has 6 heteroatoms. The number of nitrogens with one attached hydrogen (secondary N) is 1. The van der Waals surface area contributed by atoms with Gasteiger partial charge in [0.1, 0.15) is 12.4 Å². The molecule has 0 heterocycles. The van der Waals surface area contributed by atoms with Gasteiger partial charge in [0.2, 0.25) is 0 Å². The van der Waals surface area contributed by atoms with Gasteiger partial charge >= 0.3 is 0 Å². The van der Waals surface area contributed by atoms with E-state index in [2.05, 4.69) is 26.5 Å². The Labute approximate surface area is 171 Å². The zero-order chi connectivity index (χ0) is 19.1. The lowest BCUT2D eigenvalue weighted by molar-refractivity contribution is 0.0955. The van der Waals surface area contributed by atoms with Crippen molar-refractivity contribution >= 4 is 39.7 Å². The van der Waals surface area contributed by atoms with Gasteiger partial charge in [0.25, 0.3) is 5.91 Å². The lowest BCUT2D eigenvalue weighted by Crippen LogP contribution is -2.17. The van der Waals surface area contributed by atoms with Crippen LogP contribution in [0.15, 0.2) is 82.4 Å². The van der Waals surface area contributed by atoms with Crippen LogP contribution in [0.25, 0.3) is 0 Å². The third kappa shape index (κ3) is 5.94. The van der Waals surface area contributed by atoms with Crippen molar-refractivity contribution in [3.63, 3.8) is 0 Å². The number of benzene rings is 3. The van der Waals surface area contributed by atoms with Crippen LogP contribution in [0, 0.1) is 0 Å². The molecule has 1 N–H and O–H groups in total. The molecule has 136 valence electrons. The van der Waals surface area contributed by atoms with Gasteiger partial charge in [-0.05, 0) is 59.7 Å². The second kappa shape index (κ2) is 9.35. The second-order valence-electron chi connectivity index (χ2n) is 5.69. The van der Waals surface area contributed by atoms with Gasteiger partial charge in [-0.25, -0.2) is 5.43 Å². The van der Waals surface area contributed by atoms with Crippen molar-refractivity contribution in [2.45, 2.75) is 6.61 Å².